The molecular weight excluding hydrogens is 424 g/mol. The molecule has 0 N–H and O–H groups in total. The molecule has 4 rings (SSSR count). The number of hydrogen-bond donors (Lipinski definition) is 0. The molecule has 0 bridgehead atoms. The first-order valence-electron chi connectivity index (χ1n) is 11.6. The molecule has 4 unspecified atom stereocenters. The van der Waals surface area contributed by atoms with Crippen LogP contribution in [0.3, 0.4) is 0 Å². The van der Waals surface area contributed by atoms with E-state index in [-0.39, 0.29) is 21.5 Å². The largest absolute Gasteiger partial charge is 0.349 e. The molecule has 0 spiro atoms. The summed E-state index contributed by atoms with van der Waals surface area (Å²) in [7, 11) is 0. The summed E-state index contributed by atoms with van der Waals surface area (Å²) >= 11 is 7.64. The third-order valence-electron chi connectivity index (χ3n) is 7.27. The zero-order valence-electron chi connectivity index (χ0n) is 17.6. The number of carbonyl (C=O) groups excluding carboxylic acids is 1. The SMILES string of the molecule is O=C1N=C(N2CCN(CCCC3CCCCC3)CC2)SC2C1CC(Cl)CC2[N+](=O)[O-]. The first-order chi connectivity index (χ1) is 14.5. The van der Waals surface area contributed by atoms with E-state index in [2.05, 4.69) is 14.8 Å². The maximum Gasteiger partial charge on any atom is 0.252 e. The normalized spacial score (nSPS) is 33.8. The van der Waals surface area contributed by atoms with E-state index in [1.165, 1.54) is 56.7 Å². The van der Waals surface area contributed by atoms with Gasteiger partial charge in [-0.2, -0.15) is 4.99 Å². The Balaban J connectivity index is 1.27. The average Bonchev–Trinajstić information content (AvgIpc) is 2.75. The summed E-state index contributed by atoms with van der Waals surface area (Å²) in [4.78, 5) is 32.9. The molecule has 9 heteroatoms. The zero-order valence-corrected chi connectivity index (χ0v) is 19.2. The average molecular weight is 457 g/mol. The molecule has 0 aromatic carbocycles. The molecule has 2 aliphatic carbocycles. The molecule has 2 saturated carbocycles. The lowest BCUT2D eigenvalue weighted by atomic mass is 9.84. The van der Waals surface area contributed by atoms with Gasteiger partial charge in [-0.25, -0.2) is 0 Å². The highest BCUT2D eigenvalue weighted by molar-refractivity contribution is 8.14. The highest BCUT2D eigenvalue weighted by Gasteiger charge is 2.50. The Labute approximate surface area is 188 Å². The zero-order chi connectivity index (χ0) is 21.1. The van der Waals surface area contributed by atoms with E-state index < -0.39 is 12.0 Å². The van der Waals surface area contributed by atoms with Gasteiger partial charge in [0, 0.05) is 42.9 Å². The summed E-state index contributed by atoms with van der Waals surface area (Å²) < 4.78 is 0. The Morgan fingerprint density at radius 1 is 1.13 bits per heavy atom. The number of amidine groups is 1. The van der Waals surface area contributed by atoms with Crippen LogP contribution in [0.15, 0.2) is 4.99 Å². The van der Waals surface area contributed by atoms with Gasteiger partial charge in [-0.3, -0.25) is 19.8 Å². The summed E-state index contributed by atoms with van der Waals surface area (Å²) in [5.41, 5.74) is 0. The minimum atomic E-state index is -0.772. The van der Waals surface area contributed by atoms with E-state index in [0.717, 1.165) is 38.6 Å². The van der Waals surface area contributed by atoms with Crippen molar-refractivity contribution in [3.8, 4) is 0 Å². The van der Waals surface area contributed by atoms with Gasteiger partial charge >= 0.3 is 0 Å². The molecule has 30 heavy (non-hydrogen) atoms. The van der Waals surface area contributed by atoms with Gasteiger partial charge in [0.05, 0.1) is 11.2 Å². The van der Waals surface area contributed by atoms with Crippen molar-refractivity contribution in [1.82, 2.24) is 9.80 Å². The van der Waals surface area contributed by atoms with Crippen LogP contribution >= 0.6 is 23.4 Å². The maximum atomic E-state index is 12.6. The molecule has 4 atom stereocenters. The van der Waals surface area contributed by atoms with Crippen molar-refractivity contribution < 1.29 is 9.72 Å². The fraction of sp³-hybridized carbons (Fsp3) is 0.905. The summed E-state index contributed by atoms with van der Waals surface area (Å²) in [5.74, 6) is 0.289. The molecule has 0 aromatic heterocycles. The van der Waals surface area contributed by atoms with Gasteiger partial charge in [0.2, 0.25) is 6.04 Å². The highest BCUT2D eigenvalue weighted by Crippen LogP contribution is 2.41. The number of piperazine rings is 1. The number of aliphatic imine (C=N–C) groups is 1. The van der Waals surface area contributed by atoms with Gasteiger partial charge in [0.1, 0.15) is 0 Å². The van der Waals surface area contributed by atoms with Crippen LogP contribution in [-0.4, -0.2) is 75.2 Å². The third-order valence-corrected chi connectivity index (χ3v) is 9.10. The summed E-state index contributed by atoms with van der Waals surface area (Å²) in [5, 5.41) is 11.6. The van der Waals surface area contributed by atoms with Gasteiger partial charge in [0.15, 0.2) is 5.17 Å². The van der Waals surface area contributed by atoms with Crippen molar-refractivity contribution in [2.45, 2.75) is 74.5 Å². The van der Waals surface area contributed by atoms with Crippen LogP contribution in [0, 0.1) is 22.0 Å². The Bertz CT molecular complexity index is 665. The first-order valence-corrected chi connectivity index (χ1v) is 12.9. The van der Waals surface area contributed by atoms with E-state index >= 15 is 0 Å². The lowest BCUT2D eigenvalue weighted by molar-refractivity contribution is -0.525. The molecule has 7 nitrogen and oxygen atoms in total. The quantitative estimate of drug-likeness (QED) is 0.357. The van der Waals surface area contributed by atoms with Gasteiger partial charge in [0.25, 0.3) is 5.91 Å². The van der Waals surface area contributed by atoms with Crippen LogP contribution in [0.5, 0.6) is 0 Å². The van der Waals surface area contributed by atoms with Crippen molar-refractivity contribution in [1.29, 1.82) is 0 Å². The van der Waals surface area contributed by atoms with Crippen LogP contribution in [0.4, 0.5) is 0 Å². The van der Waals surface area contributed by atoms with Gasteiger partial charge in [-0.15, -0.1) is 11.6 Å². The van der Waals surface area contributed by atoms with E-state index in [1.807, 2.05) is 0 Å². The van der Waals surface area contributed by atoms with Gasteiger partial charge in [-0.1, -0.05) is 43.9 Å². The molecule has 1 saturated heterocycles. The molecule has 1 amide bonds. The van der Waals surface area contributed by atoms with Crippen molar-refractivity contribution in [2.75, 3.05) is 32.7 Å². The number of halogens is 1. The van der Waals surface area contributed by atoms with Crippen molar-refractivity contribution in [3.63, 3.8) is 0 Å². The molecule has 0 radical (unpaired) electrons. The van der Waals surface area contributed by atoms with E-state index in [9.17, 15) is 14.9 Å². The smallest absolute Gasteiger partial charge is 0.252 e. The fourth-order valence-corrected chi connectivity index (χ4v) is 7.34. The Hall–Kier alpha value is -0.860. The summed E-state index contributed by atoms with van der Waals surface area (Å²) in [6, 6.07) is -0.772. The summed E-state index contributed by atoms with van der Waals surface area (Å²) in [6.45, 7) is 4.75. The number of nitro groups is 1. The second kappa shape index (κ2) is 10.2. The van der Waals surface area contributed by atoms with Crippen LogP contribution in [0.1, 0.15) is 57.8 Å². The number of thioether (sulfide) groups is 1. The van der Waals surface area contributed by atoms with Crippen molar-refractivity contribution in [2.24, 2.45) is 16.8 Å². The molecule has 4 aliphatic rings. The molecule has 2 heterocycles. The predicted octanol–water partition coefficient (Wildman–Crippen LogP) is 3.63. The molecule has 3 fully saturated rings. The number of alkyl halides is 1. The number of rotatable bonds is 5. The number of amides is 1. The molecule has 2 aliphatic heterocycles. The lowest BCUT2D eigenvalue weighted by Gasteiger charge is -2.41. The third kappa shape index (κ3) is 5.30. The standard InChI is InChI=1S/C21H33ClN4O3S/c22-16-13-17-19(18(14-16)26(28)29)30-21(23-20(17)27)25-11-9-24(10-12-25)8-4-7-15-5-2-1-3-6-15/h15-19H,1-14H2. The van der Waals surface area contributed by atoms with Crippen LogP contribution in [0.2, 0.25) is 0 Å². The van der Waals surface area contributed by atoms with E-state index in [4.69, 9.17) is 11.6 Å². The Morgan fingerprint density at radius 3 is 2.57 bits per heavy atom. The highest BCUT2D eigenvalue weighted by atomic mass is 35.5. The van der Waals surface area contributed by atoms with Gasteiger partial charge in [-0.05, 0) is 31.7 Å². The number of carbonyl (C=O) groups is 1. The van der Waals surface area contributed by atoms with Crippen molar-refractivity contribution in [3.05, 3.63) is 10.1 Å². The monoisotopic (exact) mass is 456 g/mol. The fourth-order valence-electron chi connectivity index (χ4n) is 5.49. The van der Waals surface area contributed by atoms with Crippen LogP contribution in [0.25, 0.3) is 0 Å². The number of nitrogens with zero attached hydrogens (tertiary/aromatic N) is 4. The minimum absolute atomic E-state index is 0.221. The molecule has 168 valence electrons. The number of fused-ring (bicyclic) bond motifs is 1. The maximum absolute atomic E-state index is 12.6. The van der Waals surface area contributed by atoms with E-state index in [1.54, 1.807) is 0 Å². The number of hydrogen-bond acceptors (Lipinski definition) is 6. The first kappa shape index (κ1) is 22.3. The van der Waals surface area contributed by atoms with Crippen molar-refractivity contribution >= 4 is 34.4 Å². The second-order valence-electron chi connectivity index (χ2n) is 9.32. The van der Waals surface area contributed by atoms with E-state index in [0.29, 0.717) is 18.0 Å². The molecular formula is C21H33ClN4O3S. The van der Waals surface area contributed by atoms with Crippen LogP contribution in [-0.2, 0) is 4.79 Å². The van der Waals surface area contributed by atoms with Gasteiger partial charge < -0.3 is 4.90 Å². The second-order valence-corrected chi connectivity index (χ2v) is 11.1. The molecule has 0 aromatic rings. The lowest BCUT2D eigenvalue weighted by Crippen LogP contribution is -2.53. The van der Waals surface area contributed by atoms with Crippen LogP contribution < -0.4 is 0 Å². The minimum Gasteiger partial charge on any atom is -0.349 e. The Kier molecular flexibility index (Phi) is 7.57. The topological polar surface area (TPSA) is 79.0 Å². The Morgan fingerprint density at radius 2 is 1.87 bits per heavy atom. The predicted molar refractivity (Wildman–Crippen MR) is 121 cm³/mol. The summed E-state index contributed by atoms with van der Waals surface area (Å²) in [6.07, 6.45) is 10.5.